The minimum absolute atomic E-state index is 0.227. The summed E-state index contributed by atoms with van der Waals surface area (Å²) in [5, 5.41) is 0. The van der Waals surface area contributed by atoms with Crippen LogP contribution in [0.5, 0.6) is 5.75 Å². The third-order valence-electron chi connectivity index (χ3n) is 3.90. The van der Waals surface area contributed by atoms with Gasteiger partial charge in [-0.15, -0.1) is 0 Å². The summed E-state index contributed by atoms with van der Waals surface area (Å²) in [4.78, 5) is 5.36. The van der Waals surface area contributed by atoms with Gasteiger partial charge in [0.15, 0.2) is 0 Å². The van der Waals surface area contributed by atoms with Crippen LogP contribution in [0.3, 0.4) is 0 Å². The fourth-order valence-electron chi connectivity index (χ4n) is 2.80. The van der Waals surface area contributed by atoms with E-state index in [-0.39, 0.29) is 6.04 Å². The molecule has 0 aromatic heterocycles. The highest BCUT2D eigenvalue weighted by molar-refractivity contribution is 7.80. The van der Waals surface area contributed by atoms with E-state index in [2.05, 4.69) is 22.8 Å². The molecule has 0 spiro atoms. The molecule has 1 aromatic carbocycles. The van der Waals surface area contributed by atoms with Crippen molar-refractivity contribution in [3.8, 4) is 5.75 Å². The zero-order valence-corrected chi connectivity index (χ0v) is 13.0. The number of hydrogen-bond donors (Lipinski definition) is 1. The fraction of sp³-hybridized carbons (Fsp3) is 0.533. The van der Waals surface area contributed by atoms with E-state index < -0.39 is 0 Å². The first-order chi connectivity index (χ1) is 9.67. The van der Waals surface area contributed by atoms with Crippen molar-refractivity contribution < 1.29 is 4.74 Å². The summed E-state index contributed by atoms with van der Waals surface area (Å²) in [5.74, 6) is 0.933. The number of ether oxygens (including phenoxy) is 1. The smallest absolute Gasteiger partial charge is 0.142 e. The predicted molar refractivity (Wildman–Crippen MR) is 87.6 cm³/mol. The Morgan fingerprint density at radius 1 is 1.30 bits per heavy atom. The molecule has 110 valence electrons. The minimum Gasteiger partial charge on any atom is -0.495 e. The zero-order chi connectivity index (χ0) is 14.5. The summed E-state index contributed by atoms with van der Waals surface area (Å²) in [6.07, 6.45) is 0.976. The first-order valence-corrected chi connectivity index (χ1v) is 7.49. The summed E-state index contributed by atoms with van der Waals surface area (Å²) in [5.41, 5.74) is 6.99. The van der Waals surface area contributed by atoms with Gasteiger partial charge in [0, 0.05) is 26.2 Å². The van der Waals surface area contributed by atoms with Gasteiger partial charge >= 0.3 is 0 Å². The van der Waals surface area contributed by atoms with Crippen LogP contribution in [-0.4, -0.2) is 49.2 Å². The van der Waals surface area contributed by atoms with Gasteiger partial charge in [0.2, 0.25) is 0 Å². The van der Waals surface area contributed by atoms with Gasteiger partial charge in [0.25, 0.3) is 0 Å². The Hall–Kier alpha value is -1.33. The van der Waals surface area contributed by atoms with Crippen molar-refractivity contribution in [2.45, 2.75) is 19.4 Å². The van der Waals surface area contributed by atoms with Gasteiger partial charge in [0.1, 0.15) is 5.75 Å². The average Bonchev–Trinajstić information content (AvgIpc) is 2.48. The Balaban J connectivity index is 2.02. The van der Waals surface area contributed by atoms with E-state index in [1.807, 2.05) is 18.2 Å². The van der Waals surface area contributed by atoms with E-state index in [0.717, 1.165) is 44.0 Å². The lowest BCUT2D eigenvalue weighted by molar-refractivity contribution is 0.224. The van der Waals surface area contributed by atoms with Gasteiger partial charge in [0.05, 0.1) is 23.8 Å². The summed E-state index contributed by atoms with van der Waals surface area (Å²) in [6.45, 7) is 6.04. The van der Waals surface area contributed by atoms with E-state index >= 15 is 0 Å². The van der Waals surface area contributed by atoms with Gasteiger partial charge < -0.3 is 15.4 Å². The topological polar surface area (TPSA) is 41.7 Å². The molecule has 2 rings (SSSR count). The molecule has 1 unspecified atom stereocenters. The molecule has 1 heterocycles. The number of thiocarbonyl (C=S) groups is 1. The van der Waals surface area contributed by atoms with Crippen molar-refractivity contribution in [2.75, 3.05) is 38.2 Å². The van der Waals surface area contributed by atoms with Crippen LogP contribution in [0.15, 0.2) is 24.3 Å². The van der Waals surface area contributed by atoms with Crippen molar-refractivity contribution >= 4 is 22.9 Å². The molecule has 1 fully saturated rings. The molecule has 1 atom stereocenters. The van der Waals surface area contributed by atoms with Gasteiger partial charge in [-0.2, -0.15) is 0 Å². The second-order valence-corrected chi connectivity index (χ2v) is 5.49. The molecule has 1 saturated heterocycles. The number of methoxy groups -OCH3 is 1. The number of hydrogen-bond acceptors (Lipinski definition) is 4. The third kappa shape index (κ3) is 3.22. The average molecular weight is 293 g/mol. The van der Waals surface area contributed by atoms with Crippen molar-refractivity contribution in [1.82, 2.24) is 4.90 Å². The number of benzene rings is 1. The van der Waals surface area contributed by atoms with E-state index in [9.17, 15) is 0 Å². The molecular weight excluding hydrogens is 270 g/mol. The van der Waals surface area contributed by atoms with Crippen LogP contribution in [0, 0.1) is 0 Å². The minimum atomic E-state index is 0.227. The number of nitrogens with two attached hydrogens (primary N) is 1. The Morgan fingerprint density at radius 3 is 2.50 bits per heavy atom. The second-order valence-electron chi connectivity index (χ2n) is 5.02. The van der Waals surface area contributed by atoms with Crippen molar-refractivity contribution in [3.63, 3.8) is 0 Å². The molecule has 0 bridgehead atoms. The number of para-hydroxylation sites is 2. The Kier molecular flexibility index (Phi) is 5.20. The summed E-state index contributed by atoms with van der Waals surface area (Å²) in [7, 11) is 1.72. The molecule has 1 aliphatic rings. The molecule has 0 aliphatic carbocycles. The second kappa shape index (κ2) is 6.90. The van der Waals surface area contributed by atoms with Crippen LogP contribution in [0.25, 0.3) is 0 Å². The highest BCUT2D eigenvalue weighted by atomic mass is 32.1. The SMILES string of the molecule is CCC(C(N)=S)N1CCN(c2ccccc2OC)CC1. The fourth-order valence-corrected chi connectivity index (χ4v) is 3.12. The zero-order valence-electron chi connectivity index (χ0n) is 12.2. The van der Waals surface area contributed by atoms with Crippen LogP contribution in [0.4, 0.5) is 5.69 Å². The van der Waals surface area contributed by atoms with Crippen molar-refractivity contribution in [1.29, 1.82) is 0 Å². The lowest BCUT2D eigenvalue weighted by Crippen LogP contribution is -2.53. The van der Waals surface area contributed by atoms with Crippen molar-refractivity contribution in [2.24, 2.45) is 5.73 Å². The molecular formula is C15H23N3OS. The monoisotopic (exact) mass is 293 g/mol. The Morgan fingerprint density at radius 2 is 1.95 bits per heavy atom. The predicted octanol–water partition coefficient (Wildman–Crippen LogP) is 1.88. The van der Waals surface area contributed by atoms with E-state index in [1.165, 1.54) is 0 Å². The Labute approximate surface area is 126 Å². The van der Waals surface area contributed by atoms with E-state index in [0.29, 0.717) is 4.99 Å². The van der Waals surface area contributed by atoms with Gasteiger partial charge in [-0.05, 0) is 18.6 Å². The lowest BCUT2D eigenvalue weighted by atomic mass is 10.1. The normalized spacial score (nSPS) is 17.8. The molecule has 0 saturated carbocycles. The molecule has 1 aromatic rings. The molecule has 2 N–H and O–H groups in total. The van der Waals surface area contributed by atoms with Crippen LogP contribution in [0.1, 0.15) is 13.3 Å². The maximum atomic E-state index is 5.83. The van der Waals surface area contributed by atoms with E-state index in [4.69, 9.17) is 22.7 Å². The number of anilines is 1. The summed E-state index contributed by atoms with van der Waals surface area (Å²) >= 11 is 5.16. The summed E-state index contributed by atoms with van der Waals surface area (Å²) < 4.78 is 5.44. The highest BCUT2D eigenvalue weighted by Gasteiger charge is 2.25. The van der Waals surface area contributed by atoms with E-state index in [1.54, 1.807) is 7.11 Å². The standard InChI is InChI=1S/C15H23N3OS/c1-3-12(15(16)20)17-8-10-18(11-9-17)13-6-4-5-7-14(13)19-2/h4-7,12H,3,8-11H2,1-2H3,(H2,16,20). The largest absolute Gasteiger partial charge is 0.495 e. The van der Waals surface area contributed by atoms with Gasteiger partial charge in [-0.1, -0.05) is 31.3 Å². The van der Waals surface area contributed by atoms with Crippen molar-refractivity contribution in [3.05, 3.63) is 24.3 Å². The lowest BCUT2D eigenvalue weighted by Gasteiger charge is -2.40. The first kappa shape index (κ1) is 15.1. The quantitative estimate of drug-likeness (QED) is 0.840. The number of nitrogens with zero attached hydrogens (tertiary/aromatic N) is 2. The maximum absolute atomic E-state index is 5.83. The summed E-state index contributed by atoms with van der Waals surface area (Å²) in [6, 6.07) is 8.39. The maximum Gasteiger partial charge on any atom is 0.142 e. The van der Waals surface area contributed by atoms with Gasteiger partial charge in [-0.25, -0.2) is 0 Å². The molecule has 0 radical (unpaired) electrons. The molecule has 5 heteroatoms. The van der Waals surface area contributed by atoms with Crippen LogP contribution < -0.4 is 15.4 Å². The number of piperazine rings is 1. The first-order valence-electron chi connectivity index (χ1n) is 7.08. The van der Waals surface area contributed by atoms with Crippen LogP contribution >= 0.6 is 12.2 Å². The number of rotatable bonds is 5. The molecule has 0 amide bonds. The van der Waals surface area contributed by atoms with Crippen LogP contribution in [0.2, 0.25) is 0 Å². The van der Waals surface area contributed by atoms with Gasteiger partial charge in [-0.3, -0.25) is 4.90 Å². The molecule has 20 heavy (non-hydrogen) atoms. The molecule has 1 aliphatic heterocycles. The highest BCUT2D eigenvalue weighted by Crippen LogP contribution is 2.28. The third-order valence-corrected chi connectivity index (χ3v) is 4.17. The van der Waals surface area contributed by atoms with Crippen LogP contribution in [-0.2, 0) is 0 Å². The molecule has 4 nitrogen and oxygen atoms in total. The Bertz CT molecular complexity index is 458.